The third-order valence-corrected chi connectivity index (χ3v) is 9.11. The number of hydrogen-bond acceptors (Lipinski definition) is 1. The molecule has 0 aliphatic heterocycles. The zero-order valence-electron chi connectivity index (χ0n) is 22.4. The zero-order chi connectivity index (χ0) is 25.4. The van der Waals surface area contributed by atoms with Crippen LogP contribution in [0.3, 0.4) is 0 Å². The van der Waals surface area contributed by atoms with Gasteiger partial charge in [0.2, 0.25) is 0 Å². The summed E-state index contributed by atoms with van der Waals surface area (Å²) in [6.07, 6.45) is 3.30. The van der Waals surface area contributed by atoms with Crippen LogP contribution in [0.25, 0.3) is 16.7 Å². The van der Waals surface area contributed by atoms with Gasteiger partial charge in [0, 0.05) is 11.6 Å². The third kappa shape index (κ3) is 3.43. The average Bonchev–Trinajstić information content (AvgIpc) is 2.75. The molecule has 0 aromatic heterocycles. The number of aryl methyl sites for hydroxylation is 2. The Bertz CT molecular complexity index is 1370. The van der Waals surface area contributed by atoms with Crippen LogP contribution >= 0.6 is 0 Å². The van der Waals surface area contributed by atoms with Crippen LogP contribution in [0.15, 0.2) is 83.6 Å². The van der Waals surface area contributed by atoms with E-state index in [-0.39, 0.29) is 5.41 Å². The van der Waals surface area contributed by atoms with Crippen LogP contribution in [0.2, 0.25) is 0 Å². The van der Waals surface area contributed by atoms with Crippen LogP contribution in [-0.4, -0.2) is 0 Å². The number of benzene rings is 2. The van der Waals surface area contributed by atoms with Gasteiger partial charge in [-0.3, -0.25) is 0 Å². The molecule has 0 amide bonds. The number of rotatable bonds is 2. The van der Waals surface area contributed by atoms with Crippen molar-refractivity contribution < 1.29 is 0 Å². The summed E-state index contributed by atoms with van der Waals surface area (Å²) in [5, 5.41) is 0. The number of allylic oxidation sites excluding steroid dienone is 5. The smallest absolute Gasteiger partial charge is 0.0316 e. The van der Waals surface area contributed by atoms with Crippen molar-refractivity contribution in [2.24, 2.45) is 23.0 Å². The first-order valence-electron chi connectivity index (χ1n) is 12.9. The topological polar surface area (TPSA) is 26.0 Å². The van der Waals surface area contributed by atoms with E-state index in [2.05, 4.69) is 85.0 Å². The molecule has 2 N–H and O–H groups in total. The van der Waals surface area contributed by atoms with Crippen LogP contribution < -0.4 is 5.73 Å². The molecule has 2 unspecified atom stereocenters. The highest BCUT2D eigenvalue weighted by molar-refractivity contribution is 5.89. The fraction of sp³-hybridized carbons (Fsp3) is 0.353. The average molecular weight is 462 g/mol. The van der Waals surface area contributed by atoms with Crippen LogP contribution in [-0.2, 0) is 6.42 Å². The van der Waals surface area contributed by atoms with Gasteiger partial charge in [0.15, 0.2) is 0 Å². The zero-order valence-corrected chi connectivity index (χ0v) is 22.4. The van der Waals surface area contributed by atoms with E-state index in [0.29, 0.717) is 17.5 Å². The lowest BCUT2D eigenvalue weighted by atomic mass is 9.52. The molecule has 0 saturated carbocycles. The van der Waals surface area contributed by atoms with Crippen molar-refractivity contribution in [3.63, 3.8) is 0 Å². The molecule has 0 radical (unpaired) electrons. The van der Waals surface area contributed by atoms with Crippen molar-refractivity contribution in [3.05, 3.63) is 111 Å². The van der Waals surface area contributed by atoms with E-state index in [1.54, 1.807) is 0 Å². The lowest BCUT2D eigenvalue weighted by Crippen LogP contribution is -2.41. The van der Waals surface area contributed by atoms with Crippen molar-refractivity contribution in [2.45, 2.75) is 60.8 Å². The van der Waals surface area contributed by atoms with Crippen molar-refractivity contribution in [3.8, 4) is 11.1 Å². The molecular formula is C34H39N. The largest absolute Gasteiger partial charge is 0.399 e. The lowest BCUT2D eigenvalue weighted by molar-refractivity contribution is 0.220. The maximum Gasteiger partial charge on any atom is 0.0316 e. The quantitative estimate of drug-likeness (QED) is 0.476. The summed E-state index contributed by atoms with van der Waals surface area (Å²) in [6, 6.07) is 11.3. The minimum Gasteiger partial charge on any atom is -0.399 e. The van der Waals surface area contributed by atoms with Gasteiger partial charge < -0.3 is 5.73 Å². The van der Waals surface area contributed by atoms with Gasteiger partial charge >= 0.3 is 0 Å². The molecule has 2 aromatic rings. The number of nitrogens with two attached hydrogens (primary N) is 1. The molecule has 3 aliphatic rings. The number of hydrogen-bond donors (Lipinski definition) is 1. The summed E-state index contributed by atoms with van der Waals surface area (Å²) in [6.45, 7) is 27.1. The van der Waals surface area contributed by atoms with Crippen LogP contribution in [0.1, 0.15) is 61.4 Å². The summed E-state index contributed by atoms with van der Waals surface area (Å²) in [5.74, 6) is 0.874. The van der Waals surface area contributed by atoms with Crippen molar-refractivity contribution >= 4 is 5.57 Å². The Morgan fingerprint density at radius 3 is 2.31 bits per heavy atom. The predicted octanol–water partition coefficient (Wildman–Crippen LogP) is 8.56. The predicted molar refractivity (Wildman–Crippen MR) is 151 cm³/mol. The van der Waals surface area contributed by atoms with Gasteiger partial charge in [-0.15, -0.1) is 0 Å². The van der Waals surface area contributed by atoms with Crippen molar-refractivity contribution in [1.29, 1.82) is 0 Å². The van der Waals surface area contributed by atoms with Gasteiger partial charge in [0.25, 0.3) is 0 Å². The van der Waals surface area contributed by atoms with Crippen LogP contribution in [0.4, 0.5) is 0 Å². The molecule has 3 atom stereocenters. The SMILES string of the molecule is C=C(N)C1=C(C)CC2C[C@]3(C)Cc4c(C)cc(-c5ccc(C)cc5)c(C)c4C(=C)C3=C(C)C2C1=C. The van der Waals surface area contributed by atoms with Gasteiger partial charge in [-0.1, -0.05) is 73.7 Å². The first-order valence-corrected chi connectivity index (χ1v) is 12.9. The summed E-state index contributed by atoms with van der Waals surface area (Å²) in [4.78, 5) is 0. The highest BCUT2D eigenvalue weighted by Gasteiger charge is 2.48. The minimum absolute atomic E-state index is 0.0930. The highest BCUT2D eigenvalue weighted by atomic mass is 14.6. The standard InChI is InChI=1S/C34H39N/c1-18-10-12-26(13-11-18)28-15-19(2)29-17-34(9)16-27-14-20(3)30(25(8)35)22(5)31(27)23(6)33(34)24(7)32(29)21(28)4/h10-13,15,27,31H,5,7-8,14,16-17,35H2,1-4,6,9H3/t27?,31?,34-/m1/s1. The molecule has 5 rings (SSSR count). The Hall–Kier alpha value is -3.06. The normalized spacial score (nSPS) is 25.9. The van der Waals surface area contributed by atoms with Crippen LogP contribution in [0, 0.1) is 38.0 Å². The number of fused-ring (bicyclic) bond motifs is 3. The molecule has 2 aromatic carbocycles. The van der Waals surface area contributed by atoms with E-state index in [9.17, 15) is 0 Å². The van der Waals surface area contributed by atoms with Gasteiger partial charge in [-0.05, 0) is 121 Å². The Morgan fingerprint density at radius 1 is 1.03 bits per heavy atom. The van der Waals surface area contributed by atoms with E-state index in [0.717, 1.165) is 30.4 Å². The summed E-state index contributed by atoms with van der Waals surface area (Å²) < 4.78 is 0. The summed E-state index contributed by atoms with van der Waals surface area (Å²) in [5.41, 5.74) is 24.1. The molecule has 0 heterocycles. The van der Waals surface area contributed by atoms with Crippen molar-refractivity contribution in [2.75, 3.05) is 0 Å². The fourth-order valence-electron chi connectivity index (χ4n) is 7.84. The first-order chi connectivity index (χ1) is 16.4. The van der Waals surface area contributed by atoms with Crippen LogP contribution in [0.5, 0.6) is 0 Å². The Labute approximate surface area is 211 Å². The molecular weight excluding hydrogens is 422 g/mol. The monoisotopic (exact) mass is 461 g/mol. The van der Waals surface area contributed by atoms with Gasteiger partial charge in [-0.2, -0.15) is 0 Å². The van der Waals surface area contributed by atoms with Gasteiger partial charge in [0.05, 0.1) is 0 Å². The molecule has 1 nitrogen and oxygen atoms in total. The maximum absolute atomic E-state index is 6.23. The molecule has 3 aliphatic carbocycles. The lowest BCUT2D eigenvalue weighted by Gasteiger charge is -2.52. The first kappa shape index (κ1) is 23.7. The Balaban J connectivity index is 1.69. The summed E-state index contributed by atoms with van der Waals surface area (Å²) >= 11 is 0. The summed E-state index contributed by atoms with van der Waals surface area (Å²) in [7, 11) is 0. The van der Waals surface area contributed by atoms with Gasteiger partial charge in [0.1, 0.15) is 0 Å². The second-order valence-corrected chi connectivity index (χ2v) is 11.7. The Kier molecular flexibility index (Phi) is 5.40. The Morgan fingerprint density at radius 2 is 1.69 bits per heavy atom. The molecule has 0 fully saturated rings. The molecule has 180 valence electrons. The second-order valence-electron chi connectivity index (χ2n) is 11.7. The molecule has 35 heavy (non-hydrogen) atoms. The van der Waals surface area contributed by atoms with E-state index in [1.165, 1.54) is 61.2 Å². The maximum atomic E-state index is 6.23. The molecule has 1 heteroatoms. The van der Waals surface area contributed by atoms with E-state index >= 15 is 0 Å². The third-order valence-electron chi connectivity index (χ3n) is 9.11. The van der Waals surface area contributed by atoms with Crippen molar-refractivity contribution in [1.82, 2.24) is 0 Å². The minimum atomic E-state index is 0.0930. The fourth-order valence-corrected chi connectivity index (χ4v) is 7.84. The highest BCUT2D eigenvalue weighted by Crippen LogP contribution is 2.60. The van der Waals surface area contributed by atoms with E-state index < -0.39 is 0 Å². The molecule has 0 spiro atoms. The second kappa shape index (κ2) is 7.98. The molecule has 0 bridgehead atoms. The van der Waals surface area contributed by atoms with E-state index in [1.807, 2.05) is 0 Å². The molecule has 0 saturated heterocycles. The van der Waals surface area contributed by atoms with Gasteiger partial charge in [-0.25, -0.2) is 0 Å². The van der Waals surface area contributed by atoms with E-state index in [4.69, 9.17) is 12.3 Å².